The number of carbonyl (C=O) groups excluding carboxylic acids is 1. The summed E-state index contributed by atoms with van der Waals surface area (Å²) in [6.07, 6.45) is 4.27. The number of halogens is 2. The van der Waals surface area contributed by atoms with Crippen molar-refractivity contribution in [3.8, 4) is 0 Å². The normalized spacial score (nSPS) is 22.0. The molecule has 0 spiro atoms. The van der Waals surface area contributed by atoms with Crippen molar-refractivity contribution in [1.82, 2.24) is 5.32 Å². The van der Waals surface area contributed by atoms with Gasteiger partial charge in [-0.3, -0.25) is 4.79 Å². The van der Waals surface area contributed by atoms with E-state index in [9.17, 15) is 4.79 Å². The van der Waals surface area contributed by atoms with Crippen molar-refractivity contribution in [3.63, 3.8) is 0 Å². The summed E-state index contributed by atoms with van der Waals surface area (Å²) in [4.78, 5) is 12.0. The van der Waals surface area contributed by atoms with Gasteiger partial charge in [-0.2, -0.15) is 0 Å². The molecule has 0 heterocycles. The fourth-order valence-electron chi connectivity index (χ4n) is 2.42. The minimum atomic E-state index is -0.239. The van der Waals surface area contributed by atoms with Gasteiger partial charge in [0.15, 0.2) is 0 Å². The maximum Gasteiger partial charge on any atom is 0.252 e. The third kappa shape index (κ3) is 4.85. The third-order valence-corrected chi connectivity index (χ3v) is 4.48. The highest BCUT2D eigenvalue weighted by Gasteiger charge is 2.18. The maximum atomic E-state index is 12.0. The molecule has 1 aliphatic rings. The molecule has 0 bridgehead atoms. The lowest BCUT2D eigenvalue weighted by molar-refractivity contribution is 0.0267. The Bertz CT molecular complexity index is 489. The van der Waals surface area contributed by atoms with Gasteiger partial charge < -0.3 is 15.8 Å². The largest absolute Gasteiger partial charge is 0.376 e. The lowest BCUT2D eigenvalue weighted by Gasteiger charge is -2.26. The van der Waals surface area contributed by atoms with Crippen molar-refractivity contribution < 1.29 is 9.53 Å². The highest BCUT2D eigenvalue weighted by Crippen LogP contribution is 2.25. The molecule has 1 aromatic carbocycles. The summed E-state index contributed by atoms with van der Waals surface area (Å²) in [5.74, 6) is -0.239. The summed E-state index contributed by atoms with van der Waals surface area (Å²) in [6, 6.07) is 5.31. The van der Waals surface area contributed by atoms with Crippen LogP contribution in [0.1, 0.15) is 36.0 Å². The monoisotopic (exact) mass is 330 g/mol. The summed E-state index contributed by atoms with van der Waals surface area (Å²) < 4.78 is 5.74. The van der Waals surface area contributed by atoms with E-state index < -0.39 is 0 Å². The van der Waals surface area contributed by atoms with Crippen LogP contribution in [0.15, 0.2) is 18.2 Å². The topological polar surface area (TPSA) is 64.3 Å². The van der Waals surface area contributed by atoms with Gasteiger partial charge in [0.2, 0.25) is 0 Å². The smallest absolute Gasteiger partial charge is 0.252 e. The summed E-state index contributed by atoms with van der Waals surface area (Å²) in [6.45, 7) is 0.939. The molecule has 21 heavy (non-hydrogen) atoms. The number of benzene rings is 1. The molecule has 0 aromatic heterocycles. The van der Waals surface area contributed by atoms with Crippen LogP contribution in [0.2, 0.25) is 10.0 Å². The lowest BCUT2D eigenvalue weighted by atomic mass is 9.94. The molecule has 1 saturated carbocycles. The Morgan fingerprint density at radius 3 is 2.71 bits per heavy atom. The molecular formula is C15H20Cl2N2O2. The zero-order chi connectivity index (χ0) is 15.2. The number of ether oxygens (including phenoxy) is 1. The number of amides is 1. The van der Waals surface area contributed by atoms with Gasteiger partial charge >= 0.3 is 0 Å². The Morgan fingerprint density at radius 2 is 2.00 bits per heavy atom. The molecule has 0 radical (unpaired) electrons. The van der Waals surface area contributed by atoms with Crippen molar-refractivity contribution in [2.24, 2.45) is 5.73 Å². The van der Waals surface area contributed by atoms with Crippen LogP contribution in [-0.4, -0.2) is 31.2 Å². The molecule has 116 valence electrons. The third-order valence-electron chi connectivity index (χ3n) is 3.66. The molecular weight excluding hydrogens is 311 g/mol. The van der Waals surface area contributed by atoms with Crippen molar-refractivity contribution in [2.45, 2.75) is 37.8 Å². The summed E-state index contributed by atoms with van der Waals surface area (Å²) >= 11 is 11.9. The van der Waals surface area contributed by atoms with Gasteiger partial charge in [-0.05, 0) is 37.8 Å². The van der Waals surface area contributed by atoms with Crippen LogP contribution in [0.5, 0.6) is 0 Å². The molecule has 1 fully saturated rings. The first-order valence-electron chi connectivity index (χ1n) is 7.17. The van der Waals surface area contributed by atoms with E-state index in [1.54, 1.807) is 18.2 Å². The second-order valence-electron chi connectivity index (χ2n) is 5.26. The first-order chi connectivity index (χ1) is 10.1. The quantitative estimate of drug-likeness (QED) is 0.815. The van der Waals surface area contributed by atoms with E-state index in [0.29, 0.717) is 29.8 Å². The molecule has 4 nitrogen and oxygen atoms in total. The molecule has 6 heteroatoms. The van der Waals surface area contributed by atoms with Gasteiger partial charge in [-0.25, -0.2) is 0 Å². The Morgan fingerprint density at radius 1 is 1.29 bits per heavy atom. The van der Waals surface area contributed by atoms with Crippen LogP contribution in [-0.2, 0) is 4.74 Å². The van der Waals surface area contributed by atoms with Crippen molar-refractivity contribution >= 4 is 29.1 Å². The molecule has 3 N–H and O–H groups in total. The highest BCUT2D eigenvalue weighted by atomic mass is 35.5. The standard InChI is InChI=1S/C15H20Cl2N2O2/c16-13-3-1-2-12(14(13)17)15(20)19-8-9-21-11-6-4-10(18)5-7-11/h1-3,10-11H,4-9,18H2,(H,19,20). The number of nitrogens with one attached hydrogen (secondary N) is 1. The Hall–Kier alpha value is -0.810. The van der Waals surface area contributed by atoms with Gasteiger partial charge in [0, 0.05) is 12.6 Å². The van der Waals surface area contributed by atoms with Gasteiger partial charge in [0.05, 0.1) is 28.3 Å². The molecule has 1 aliphatic carbocycles. The lowest BCUT2D eigenvalue weighted by Crippen LogP contribution is -2.33. The minimum absolute atomic E-state index is 0.239. The van der Waals surface area contributed by atoms with E-state index in [2.05, 4.69) is 5.32 Å². The number of hydrogen-bond acceptors (Lipinski definition) is 3. The van der Waals surface area contributed by atoms with E-state index in [-0.39, 0.29) is 17.0 Å². The number of nitrogens with two attached hydrogens (primary N) is 1. The molecule has 0 unspecified atom stereocenters. The zero-order valence-corrected chi connectivity index (χ0v) is 13.3. The molecule has 2 rings (SSSR count). The summed E-state index contributed by atoms with van der Waals surface area (Å²) in [5, 5.41) is 3.43. The average Bonchev–Trinajstić information content (AvgIpc) is 2.48. The van der Waals surface area contributed by atoms with Gasteiger partial charge in [-0.15, -0.1) is 0 Å². The number of rotatable bonds is 5. The van der Waals surface area contributed by atoms with E-state index in [1.807, 2.05) is 0 Å². The summed E-state index contributed by atoms with van der Waals surface area (Å²) in [5.41, 5.74) is 6.23. The average molecular weight is 331 g/mol. The van der Waals surface area contributed by atoms with E-state index >= 15 is 0 Å². The van der Waals surface area contributed by atoms with Crippen LogP contribution in [0.3, 0.4) is 0 Å². The Labute approximate surface area is 134 Å². The second-order valence-corrected chi connectivity index (χ2v) is 6.05. The van der Waals surface area contributed by atoms with Gasteiger partial charge in [-0.1, -0.05) is 29.3 Å². The van der Waals surface area contributed by atoms with E-state index in [4.69, 9.17) is 33.7 Å². The summed E-state index contributed by atoms with van der Waals surface area (Å²) in [7, 11) is 0. The maximum absolute atomic E-state index is 12.0. The Kier molecular flexibility index (Phi) is 6.30. The van der Waals surface area contributed by atoms with Crippen molar-refractivity contribution in [1.29, 1.82) is 0 Å². The molecule has 0 aliphatic heterocycles. The zero-order valence-electron chi connectivity index (χ0n) is 11.8. The molecule has 0 saturated heterocycles. The van der Waals surface area contributed by atoms with Crippen LogP contribution in [0, 0.1) is 0 Å². The highest BCUT2D eigenvalue weighted by molar-refractivity contribution is 6.43. The molecule has 1 amide bonds. The fraction of sp³-hybridized carbons (Fsp3) is 0.533. The second kappa shape index (κ2) is 7.99. The van der Waals surface area contributed by atoms with Crippen LogP contribution >= 0.6 is 23.2 Å². The van der Waals surface area contributed by atoms with E-state index in [0.717, 1.165) is 25.7 Å². The van der Waals surface area contributed by atoms with Crippen LogP contribution < -0.4 is 11.1 Å². The van der Waals surface area contributed by atoms with Gasteiger partial charge in [0.25, 0.3) is 5.91 Å². The van der Waals surface area contributed by atoms with Crippen molar-refractivity contribution in [2.75, 3.05) is 13.2 Å². The van der Waals surface area contributed by atoms with Crippen LogP contribution in [0.4, 0.5) is 0 Å². The first kappa shape index (κ1) is 16.6. The number of carbonyl (C=O) groups is 1. The predicted molar refractivity (Wildman–Crippen MR) is 85.0 cm³/mol. The first-order valence-corrected chi connectivity index (χ1v) is 7.93. The SMILES string of the molecule is NC1CCC(OCCNC(=O)c2cccc(Cl)c2Cl)CC1. The van der Waals surface area contributed by atoms with Crippen LogP contribution in [0.25, 0.3) is 0 Å². The Balaban J connectivity index is 1.71. The van der Waals surface area contributed by atoms with E-state index in [1.165, 1.54) is 0 Å². The number of hydrogen-bond donors (Lipinski definition) is 2. The fourth-order valence-corrected chi connectivity index (χ4v) is 2.81. The molecule has 0 atom stereocenters. The van der Waals surface area contributed by atoms with Crippen molar-refractivity contribution in [3.05, 3.63) is 33.8 Å². The minimum Gasteiger partial charge on any atom is -0.376 e. The predicted octanol–water partition coefficient (Wildman–Crippen LogP) is 3.01. The van der Waals surface area contributed by atoms with Gasteiger partial charge in [0.1, 0.15) is 0 Å². The molecule has 1 aromatic rings.